The highest BCUT2D eigenvalue weighted by atomic mass is 31.2. The molecule has 0 aliphatic rings. The van der Waals surface area contributed by atoms with Crippen molar-refractivity contribution in [3.05, 3.63) is 0 Å². The van der Waals surface area contributed by atoms with Crippen LogP contribution in [0.1, 0.15) is 60.8 Å². The van der Waals surface area contributed by atoms with Gasteiger partial charge in [-0.15, -0.1) is 0 Å². The summed E-state index contributed by atoms with van der Waals surface area (Å²) < 4.78 is 43.9. The highest BCUT2D eigenvalue weighted by molar-refractivity contribution is 7.53. The van der Waals surface area contributed by atoms with Crippen LogP contribution in [0.15, 0.2) is 0 Å². The molecule has 0 aliphatic carbocycles. The number of hydrogen-bond donors (Lipinski definition) is 13. The lowest BCUT2D eigenvalue weighted by Gasteiger charge is -2.22. The molecule has 0 atom stereocenters. The van der Waals surface area contributed by atoms with E-state index in [0.717, 1.165) is 61.8 Å². The van der Waals surface area contributed by atoms with Gasteiger partial charge in [-0.25, -0.2) is 0 Å². The molecule has 0 aliphatic heterocycles. The van der Waals surface area contributed by atoms with Gasteiger partial charge in [-0.1, -0.05) is 28.7 Å². The summed E-state index contributed by atoms with van der Waals surface area (Å²) in [5, 5.41) is 14.8. The molecule has 0 aromatic carbocycles. The number of carbonyl (C=O) groups excluding carboxylic acids is 2. The molecule has 0 radical (unpaired) electrons. The normalized spacial score (nSPS) is 12.1. The largest absolute Gasteiger partial charge is 0.355 e. The van der Waals surface area contributed by atoms with E-state index in [1.165, 1.54) is 0 Å². The molecule has 0 saturated heterocycles. The Morgan fingerprint density at radius 3 is 0.940 bits per heavy atom. The van der Waals surface area contributed by atoms with Crippen LogP contribution >= 0.6 is 30.4 Å². The van der Waals surface area contributed by atoms with E-state index in [4.69, 9.17) is 39.1 Å². The van der Waals surface area contributed by atoms with E-state index in [-0.39, 0.29) is 14.9 Å². The zero-order chi connectivity index (χ0) is 37.3. The third kappa shape index (κ3) is 45.4. The van der Waals surface area contributed by atoms with Gasteiger partial charge in [-0.2, -0.15) is 0 Å². The first kappa shape index (κ1) is 56.1. The van der Waals surface area contributed by atoms with Gasteiger partial charge in [0.15, 0.2) is 0 Å². The smallest absolute Gasteiger partial charge is 0.339 e. The third-order valence-corrected chi connectivity index (χ3v) is 8.61. The highest BCUT2D eigenvalue weighted by Gasteiger charge is 2.28. The summed E-state index contributed by atoms with van der Waals surface area (Å²) in [6.07, 6.45) is 0.921. The molecule has 0 unspecified atom stereocenters. The van der Waals surface area contributed by atoms with Crippen LogP contribution in [0.25, 0.3) is 0 Å². The quantitative estimate of drug-likeness (QED) is 0.0346. The summed E-state index contributed by atoms with van der Waals surface area (Å²) in [5.41, 5.74) is 0. The Kier molecular flexibility index (Phi) is 34.5. The van der Waals surface area contributed by atoms with Crippen LogP contribution in [0, 0.1) is 0 Å². The lowest BCUT2D eigenvalue weighted by molar-refractivity contribution is -0.122. The molecule has 0 heterocycles. The number of nitrogens with zero attached hydrogens (tertiary/aromatic N) is 2. The van der Waals surface area contributed by atoms with Crippen molar-refractivity contribution in [2.24, 2.45) is 0 Å². The minimum atomic E-state index is -4.53. The van der Waals surface area contributed by atoms with Gasteiger partial charge in [-0.05, 0) is 71.4 Å². The topological polar surface area (TPSA) is 331 Å². The molecule has 13 N–H and O–H groups in total. The van der Waals surface area contributed by atoms with Crippen LogP contribution in [0.5, 0.6) is 0 Å². The lowest BCUT2D eigenvalue weighted by Crippen LogP contribution is -2.39. The van der Waals surface area contributed by atoms with Crippen LogP contribution in [0.3, 0.4) is 0 Å². The fraction of sp³-hybridized carbons (Fsp3) is 0.920. The summed E-state index contributed by atoms with van der Waals surface area (Å²) in [7, 11) is -18.1. The van der Waals surface area contributed by atoms with E-state index in [0.29, 0.717) is 32.5 Å². The summed E-state index contributed by atoms with van der Waals surface area (Å²) in [5.74, 6) is -1.09. The monoisotopic (exact) mass is 811 g/mol. The Morgan fingerprint density at radius 2 is 0.700 bits per heavy atom. The first-order valence-electron chi connectivity index (χ1n) is 15.4. The number of hydrogen-bond acceptors (Lipinski definition) is 11. The van der Waals surface area contributed by atoms with Gasteiger partial charge in [0.05, 0.1) is 13.1 Å². The van der Waals surface area contributed by atoms with Crippen molar-refractivity contribution in [3.8, 4) is 0 Å². The van der Waals surface area contributed by atoms with Crippen molar-refractivity contribution < 1.29 is 67.0 Å². The van der Waals surface area contributed by atoms with Gasteiger partial charge < -0.3 is 65.7 Å². The number of amides is 2. The van der Waals surface area contributed by atoms with Gasteiger partial charge in [0.1, 0.15) is 25.1 Å². The lowest BCUT2D eigenvalue weighted by atomic mass is 10.3. The SMILES string of the molecule is C.C.CCCNCCCNC(=O)CN(CP(=O)(O)O)CP(=O)(O)O.CCCNCCCNCCCNC(=O)CN(CP(=O)(O)O)CP(=O)(O)O. The Labute approximate surface area is 296 Å². The molecule has 21 nitrogen and oxygen atoms in total. The first-order chi connectivity index (χ1) is 22.1. The van der Waals surface area contributed by atoms with E-state index in [9.17, 15) is 27.8 Å². The molecule has 2 amide bonds. The van der Waals surface area contributed by atoms with Crippen molar-refractivity contribution in [2.45, 2.75) is 60.8 Å². The summed E-state index contributed by atoms with van der Waals surface area (Å²) in [6, 6.07) is 0. The second kappa shape index (κ2) is 30.8. The molecule has 0 saturated carbocycles. The second-order valence-corrected chi connectivity index (χ2v) is 17.3. The van der Waals surface area contributed by atoms with Gasteiger partial charge in [0.2, 0.25) is 11.8 Å². The summed E-state index contributed by atoms with van der Waals surface area (Å²) in [4.78, 5) is 96.1. The molecule has 0 bridgehead atoms. The Morgan fingerprint density at radius 1 is 0.460 bits per heavy atom. The minimum absolute atomic E-state index is 0. The molecular formula is C25H65N7O14P4. The summed E-state index contributed by atoms with van der Waals surface area (Å²) >= 11 is 0. The predicted octanol–water partition coefficient (Wildman–Crippen LogP) is -0.619. The van der Waals surface area contributed by atoms with E-state index in [1.807, 2.05) is 6.92 Å². The third-order valence-electron chi connectivity index (χ3n) is 5.54. The maximum absolute atomic E-state index is 11.8. The average Bonchev–Trinajstić information content (AvgIpc) is 2.88. The number of nitrogens with one attached hydrogen (secondary N) is 5. The Bertz CT molecular complexity index is 1020. The highest BCUT2D eigenvalue weighted by Crippen LogP contribution is 2.41. The van der Waals surface area contributed by atoms with Crippen molar-refractivity contribution in [2.75, 3.05) is 90.6 Å². The van der Waals surface area contributed by atoms with Gasteiger partial charge in [0.25, 0.3) is 0 Å². The predicted molar refractivity (Wildman–Crippen MR) is 194 cm³/mol. The van der Waals surface area contributed by atoms with Crippen LogP contribution in [-0.2, 0) is 27.8 Å². The summed E-state index contributed by atoms with van der Waals surface area (Å²) in [6.45, 7) is 9.03. The van der Waals surface area contributed by atoms with Crippen LogP contribution < -0.4 is 26.6 Å². The van der Waals surface area contributed by atoms with Crippen molar-refractivity contribution in [1.29, 1.82) is 0 Å². The fourth-order valence-electron chi connectivity index (χ4n) is 3.80. The molecule has 0 aromatic heterocycles. The Balaban J connectivity index is -0.000000412. The van der Waals surface area contributed by atoms with Gasteiger partial charge in [-0.3, -0.25) is 37.6 Å². The molecule has 50 heavy (non-hydrogen) atoms. The van der Waals surface area contributed by atoms with E-state index < -0.39 is 80.4 Å². The van der Waals surface area contributed by atoms with Gasteiger partial charge in [0, 0.05) is 13.1 Å². The van der Waals surface area contributed by atoms with Crippen molar-refractivity contribution >= 4 is 42.2 Å². The average molecular weight is 812 g/mol. The van der Waals surface area contributed by atoms with E-state index in [2.05, 4.69) is 33.5 Å². The molecule has 0 fully saturated rings. The van der Waals surface area contributed by atoms with E-state index in [1.54, 1.807) is 0 Å². The molecular weight excluding hydrogens is 746 g/mol. The van der Waals surface area contributed by atoms with E-state index >= 15 is 0 Å². The Hall–Kier alpha value is -0.660. The standard InChI is InChI=1S/C13H32N4O7P2.C10H25N3O7P2.2CH4/c1-2-5-14-6-3-7-15-8-4-9-16-13(18)10-17(11-25(19,20)21)12-26(22,23)24;1-2-4-11-5-3-6-12-10(14)7-13(8-21(15,16)17)9-22(18,19)20;;/h14-15H,2-12H2,1H3,(H,16,18)(H2,19,20,21)(H2,22,23,24);11H,2-9H2,1H3,(H,12,14)(H2,15,16,17)(H2,18,19,20);2*1H4. The first-order valence-corrected chi connectivity index (χ1v) is 22.5. The molecule has 25 heteroatoms. The zero-order valence-electron chi connectivity index (χ0n) is 27.6. The molecule has 0 aromatic rings. The maximum Gasteiger partial charge on any atom is 0.339 e. The number of rotatable bonds is 28. The molecule has 0 rings (SSSR count). The molecule has 304 valence electrons. The van der Waals surface area contributed by atoms with Crippen molar-refractivity contribution in [1.82, 2.24) is 36.4 Å². The fourth-order valence-corrected chi connectivity index (χ4v) is 7.00. The zero-order valence-corrected chi connectivity index (χ0v) is 31.2. The van der Waals surface area contributed by atoms with Crippen molar-refractivity contribution in [3.63, 3.8) is 0 Å². The van der Waals surface area contributed by atoms with Crippen LogP contribution in [-0.4, -0.2) is 151 Å². The second-order valence-electron chi connectivity index (χ2n) is 10.9. The minimum Gasteiger partial charge on any atom is -0.355 e. The van der Waals surface area contributed by atoms with Crippen LogP contribution in [0.4, 0.5) is 0 Å². The molecule has 0 spiro atoms. The van der Waals surface area contributed by atoms with Gasteiger partial charge >= 0.3 is 30.4 Å². The number of carbonyl (C=O) groups is 2. The maximum atomic E-state index is 11.8. The van der Waals surface area contributed by atoms with Crippen LogP contribution in [0.2, 0.25) is 0 Å².